The Kier molecular flexibility index (Phi) is 3.59. The molecule has 0 saturated heterocycles. The molecule has 0 bridgehead atoms. The number of allylic oxidation sites excluding steroid dienone is 3. The number of hydrogen-bond acceptors (Lipinski definition) is 4. The first-order valence-electron chi connectivity index (χ1n) is 3.63. The predicted octanol–water partition coefficient (Wildman–Crippen LogP) is 0.492. The minimum atomic E-state index is -1.46. The van der Waals surface area contributed by atoms with Gasteiger partial charge in [-0.2, -0.15) is 0 Å². The normalized spacial score (nSPS) is 17.5. The topological polar surface area (TPSA) is 57.5 Å². The third-order valence-electron chi connectivity index (χ3n) is 1.46. The van der Waals surface area contributed by atoms with Crippen molar-refractivity contribution in [2.75, 3.05) is 0 Å². The third-order valence-corrected chi connectivity index (χ3v) is 2.58. The van der Waals surface area contributed by atoms with Gasteiger partial charge in [0, 0.05) is 9.71 Å². The third kappa shape index (κ3) is 2.51. The molecule has 12 heavy (non-hydrogen) atoms. The van der Waals surface area contributed by atoms with Crippen LogP contribution in [0.25, 0.3) is 0 Å². The molecule has 64 valence electrons. The van der Waals surface area contributed by atoms with Crippen molar-refractivity contribution in [2.24, 2.45) is 0 Å². The standard InChI is InChI=1S/C7H9BO3S/c9-5-6-3-1-2-4-7(12-6)8(10)11/h3-5,10-11H,1-2H2. The maximum absolute atomic E-state index is 10.4. The Morgan fingerprint density at radius 3 is 2.67 bits per heavy atom. The molecule has 0 aromatic heterocycles. The summed E-state index contributed by atoms with van der Waals surface area (Å²) in [7, 11) is -1.46. The molecule has 0 amide bonds. The molecule has 1 heterocycles. The quantitative estimate of drug-likeness (QED) is 0.484. The zero-order valence-electron chi connectivity index (χ0n) is 6.43. The summed E-state index contributed by atoms with van der Waals surface area (Å²) in [4.78, 5) is 11.4. The molecule has 3 nitrogen and oxygen atoms in total. The lowest BCUT2D eigenvalue weighted by molar-refractivity contribution is -0.104. The van der Waals surface area contributed by atoms with E-state index >= 15 is 0 Å². The number of carbonyl (C=O) groups excluding carboxylic acids is 1. The molecule has 0 aromatic carbocycles. The van der Waals surface area contributed by atoms with E-state index in [0.29, 0.717) is 9.71 Å². The van der Waals surface area contributed by atoms with Crippen molar-refractivity contribution in [1.29, 1.82) is 0 Å². The summed E-state index contributed by atoms with van der Waals surface area (Å²) in [5.41, 5.74) is 0. The highest BCUT2D eigenvalue weighted by atomic mass is 32.2. The number of carbonyl (C=O) groups is 1. The lowest BCUT2D eigenvalue weighted by Crippen LogP contribution is -2.12. The zero-order chi connectivity index (χ0) is 8.97. The molecular formula is C7H9BO3S. The number of thioether (sulfide) groups is 1. The summed E-state index contributed by atoms with van der Waals surface area (Å²) < 4.78 is 0. The van der Waals surface area contributed by atoms with Crippen molar-refractivity contribution in [3.8, 4) is 0 Å². The van der Waals surface area contributed by atoms with Crippen LogP contribution in [0.3, 0.4) is 0 Å². The fourth-order valence-corrected chi connectivity index (χ4v) is 1.73. The van der Waals surface area contributed by atoms with Gasteiger partial charge in [-0.1, -0.05) is 23.9 Å². The molecule has 2 N–H and O–H groups in total. The Hall–Kier alpha value is -0.515. The van der Waals surface area contributed by atoms with Gasteiger partial charge in [0.05, 0.1) is 0 Å². The first-order valence-corrected chi connectivity index (χ1v) is 4.45. The van der Waals surface area contributed by atoms with Crippen LogP contribution < -0.4 is 0 Å². The van der Waals surface area contributed by atoms with E-state index in [4.69, 9.17) is 10.0 Å². The van der Waals surface area contributed by atoms with E-state index in [2.05, 4.69) is 0 Å². The van der Waals surface area contributed by atoms with E-state index in [1.165, 1.54) is 0 Å². The summed E-state index contributed by atoms with van der Waals surface area (Å²) in [5.74, 6) is 0. The van der Waals surface area contributed by atoms with Crippen LogP contribution in [0.4, 0.5) is 0 Å². The highest BCUT2D eigenvalue weighted by Crippen LogP contribution is 2.28. The fourth-order valence-electron chi connectivity index (χ4n) is 0.901. The molecule has 0 atom stereocenters. The SMILES string of the molecule is O=CC1=CCCC=C(B(O)O)S1. The van der Waals surface area contributed by atoms with Crippen molar-refractivity contribution in [1.82, 2.24) is 0 Å². The summed E-state index contributed by atoms with van der Waals surface area (Å²) in [6, 6.07) is 0. The van der Waals surface area contributed by atoms with Gasteiger partial charge in [0.1, 0.15) is 0 Å². The Morgan fingerprint density at radius 1 is 1.42 bits per heavy atom. The molecule has 0 unspecified atom stereocenters. The lowest BCUT2D eigenvalue weighted by atomic mass is 9.90. The van der Waals surface area contributed by atoms with Gasteiger partial charge >= 0.3 is 7.12 Å². The average Bonchev–Trinajstić information content (AvgIpc) is 2.28. The first kappa shape index (κ1) is 9.57. The van der Waals surface area contributed by atoms with E-state index in [1.807, 2.05) is 0 Å². The molecular weight excluding hydrogens is 175 g/mol. The van der Waals surface area contributed by atoms with Crippen molar-refractivity contribution in [3.05, 3.63) is 21.9 Å². The van der Waals surface area contributed by atoms with E-state index in [9.17, 15) is 4.79 Å². The minimum absolute atomic E-state index is 0.436. The van der Waals surface area contributed by atoms with Crippen molar-refractivity contribution in [3.63, 3.8) is 0 Å². The molecule has 0 radical (unpaired) electrons. The van der Waals surface area contributed by atoms with Gasteiger partial charge in [0.2, 0.25) is 0 Å². The van der Waals surface area contributed by atoms with Crippen LogP contribution in [0, 0.1) is 0 Å². The van der Waals surface area contributed by atoms with E-state index in [-0.39, 0.29) is 0 Å². The first-order chi connectivity index (χ1) is 5.74. The van der Waals surface area contributed by atoms with E-state index in [0.717, 1.165) is 30.9 Å². The number of aldehydes is 1. The monoisotopic (exact) mass is 184 g/mol. The Bertz CT molecular complexity index is 235. The van der Waals surface area contributed by atoms with Crippen LogP contribution in [-0.4, -0.2) is 23.5 Å². The van der Waals surface area contributed by atoms with Crippen molar-refractivity contribution >= 4 is 25.2 Å². The van der Waals surface area contributed by atoms with Crippen molar-refractivity contribution in [2.45, 2.75) is 12.8 Å². The average molecular weight is 184 g/mol. The van der Waals surface area contributed by atoms with E-state index < -0.39 is 7.12 Å². The molecule has 0 fully saturated rings. The van der Waals surface area contributed by atoms with Gasteiger partial charge in [0.15, 0.2) is 6.29 Å². The predicted molar refractivity (Wildman–Crippen MR) is 49.2 cm³/mol. The van der Waals surface area contributed by atoms with Gasteiger partial charge in [-0.05, 0) is 12.8 Å². The van der Waals surface area contributed by atoms with Crippen molar-refractivity contribution < 1.29 is 14.8 Å². The molecule has 5 heteroatoms. The number of rotatable bonds is 2. The van der Waals surface area contributed by atoms with Gasteiger partial charge < -0.3 is 10.0 Å². The molecule has 0 spiro atoms. The molecule has 0 aromatic rings. The smallest absolute Gasteiger partial charge is 0.423 e. The minimum Gasteiger partial charge on any atom is -0.423 e. The largest absolute Gasteiger partial charge is 0.495 e. The molecule has 0 saturated carbocycles. The maximum Gasteiger partial charge on any atom is 0.495 e. The molecule has 1 aliphatic heterocycles. The Balaban J connectivity index is 2.72. The number of hydrogen-bond donors (Lipinski definition) is 2. The second-order valence-electron chi connectivity index (χ2n) is 2.38. The zero-order valence-corrected chi connectivity index (χ0v) is 7.25. The van der Waals surface area contributed by atoms with Crippen LogP contribution in [0.5, 0.6) is 0 Å². The van der Waals surface area contributed by atoms with Gasteiger partial charge in [-0.25, -0.2) is 0 Å². The Morgan fingerprint density at radius 2 is 2.08 bits per heavy atom. The van der Waals surface area contributed by atoms with Crippen LogP contribution in [0.2, 0.25) is 0 Å². The lowest BCUT2D eigenvalue weighted by Gasteiger charge is -2.01. The second kappa shape index (κ2) is 4.50. The Labute approximate surface area is 75.3 Å². The fraction of sp³-hybridized carbons (Fsp3) is 0.286. The molecule has 0 aliphatic carbocycles. The van der Waals surface area contributed by atoms with Gasteiger partial charge in [0.25, 0.3) is 0 Å². The van der Waals surface area contributed by atoms with Crippen LogP contribution >= 0.6 is 11.8 Å². The summed E-state index contributed by atoms with van der Waals surface area (Å²) in [5, 5.41) is 17.7. The van der Waals surface area contributed by atoms with Crippen LogP contribution in [-0.2, 0) is 4.79 Å². The van der Waals surface area contributed by atoms with Crippen LogP contribution in [0.1, 0.15) is 12.8 Å². The maximum atomic E-state index is 10.4. The van der Waals surface area contributed by atoms with Crippen LogP contribution in [0.15, 0.2) is 21.9 Å². The van der Waals surface area contributed by atoms with E-state index in [1.54, 1.807) is 12.2 Å². The van der Waals surface area contributed by atoms with Gasteiger partial charge in [-0.3, -0.25) is 4.79 Å². The summed E-state index contributed by atoms with van der Waals surface area (Å²) in [6.45, 7) is 0. The second-order valence-corrected chi connectivity index (χ2v) is 3.53. The highest BCUT2D eigenvalue weighted by Gasteiger charge is 2.17. The highest BCUT2D eigenvalue weighted by molar-refractivity contribution is 8.09. The summed E-state index contributed by atoms with van der Waals surface area (Å²) >= 11 is 1.11. The van der Waals surface area contributed by atoms with Gasteiger partial charge in [-0.15, -0.1) is 0 Å². The molecule has 1 aliphatic rings. The summed E-state index contributed by atoms with van der Waals surface area (Å²) in [6.07, 6.45) is 5.78. The molecule has 1 rings (SSSR count).